The van der Waals surface area contributed by atoms with Gasteiger partial charge in [0, 0.05) is 5.69 Å². The van der Waals surface area contributed by atoms with Gasteiger partial charge in [0.2, 0.25) is 0 Å². The first kappa shape index (κ1) is 24.3. The summed E-state index contributed by atoms with van der Waals surface area (Å²) < 4.78 is 5.00. The fourth-order valence-electron chi connectivity index (χ4n) is 5.01. The largest absolute Gasteiger partial charge is 0.467 e. The number of hydrogen-bond donors (Lipinski definition) is 3. The van der Waals surface area contributed by atoms with Crippen LogP contribution in [0.4, 0.5) is 16.2 Å². The molecule has 3 amide bonds. The van der Waals surface area contributed by atoms with Crippen molar-refractivity contribution in [2.24, 2.45) is 0 Å². The zero-order chi connectivity index (χ0) is 25.2. The second-order valence-corrected chi connectivity index (χ2v) is 9.33. The molecular weight excluding hydrogens is 442 g/mol. The Labute approximate surface area is 205 Å². The molecule has 4 rings (SSSR count). The predicted molar refractivity (Wildman–Crippen MR) is 138 cm³/mol. The maximum Gasteiger partial charge on any atom is 0.331 e. The molecule has 1 fully saturated rings. The van der Waals surface area contributed by atoms with Crippen LogP contribution in [0.15, 0.2) is 48.5 Å². The van der Waals surface area contributed by atoms with Crippen molar-refractivity contribution in [2.45, 2.75) is 52.0 Å². The van der Waals surface area contributed by atoms with Gasteiger partial charge >= 0.3 is 12.0 Å². The molecule has 1 aliphatic carbocycles. The van der Waals surface area contributed by atoms with E-state index in [4.69, 9.17) is 4.74 Å². The van der Waals surface area contributed by atoms with E-state index in [2.05, 4.69) is 16.0 Å². The quantitative estimate of drug-likeness (QED) is 0.419. The summed E-state index contributed by atoms with van der Waals surface area (Å²) in [5.41, 5.74) is 3.35. The number of rotatable bonds is 5. The SMILES string of the molecule is COC(=O)C1(NC(=O)c2cc3ccccc3cc2NC(=O)Nc2c(C)cc(C)cc2C)CCCC1. The molecule has 0 bridgehead atoms. The van der Waals surface area contributed by atoms with Crippen molar-refractivity contribution in [3.8, 4) is 0 Å². The fraction of sp³-hybridized carbons (Fsp3) is 0.321. The van der Waals surface area contributed by atoms with Gasteiger partial charge in [-0.25, -0.2) is 9.59 Å². The van der Waals surface area contributed by atoms with Crippen LogP contribution in [-0.4, -0.2) is 30.6 Å². The maximum atomic E-state index is 13.5. The third kappa shape index (κ3) is 4.99. The Kier molecular flexibility index (Phi) is 6.78. The molecule has 0 heterocycles. The number of fused-ring (bicyclic) bond motifs is 1. The van der Waals surface area contributed by atoms with Crippen LogP contribution in [0.5, 0.6) is 0 Å². The Balaban J connectivity index is 1.66. The second-order valence-electron chi connectivity index (χ2n) is 9.33. The number of benzene rings is 3. The normalized spacial score (nSPS) is 14.4. The molecule has 3 N–H and O–H groups in total. The van der Waals surface area contributed by atoms with Crippen molar-refractivity contribution >= 4 is 40.1 Å². The first-order chi connectivity index (χ1) is 16.7. The molecule has 0 aromatic heterocycles. The summed E-state index contributed by atoms with van der Waals surface area (Å²) in [5, 5.41) is 10.4. The molecule has 0 atom stereocenters. The molecule has 7 nitrogen and oxygen atoms in total. The van der Waals surface area contributed by atoms with Gasteiger partial charge in [-0.3, -0.25) is 4.79 Å². The van der Waals surface area contributed by atoms with E-state index < -0.39 is 23.4 Å². The Morgan fingerprint density at radius 3 is 2.06 bits per heavy atom. The van der Waals surface area contributed by atoms with E-state index in [-0.39, 0.29) is 5.56 Å². The molecule has 3 aromatic rings. The molecule has 0 saturated heterocycles. The third-order valence-electron chi connectivity index (χ3n) is 6.68. The van der Waals surface area contributed by atoms with Gasteiger partial charge < -0.3 is 20.7 Å². The summed E-state index contributed by atoms with van der Waals surface area (Å²) in [6.45, 7) is 5.89. The number of methoxy groups -OCH3 is 1. The highest BCUT2D eigenvalue weighted by Gasteiger charge is 2.44. The van der Waals surface area contributed by atoms with Crippen molar-refractivity contribution in [3.63, 3.8) is 0 Å². The van der Waals surface area contributed by atoms with E-state index in [9.17, 15) is 14.4 Å². The Morgan fingerprint density at radius 1 is 0.857 bits per heavy atom. The molecule has 0 aliphatic heterocycles. The standard InChI is InChI=1S/C28H31N3O4/c1-17-13-18(2)24(19(3)14-17)30-27(34)29-23-16-21-10-6-5-9-20(21)15-22(23)25(32)31-28(26(33)35-4)11-7-8-12-28/h5-6,9-10,13-16H,7-8,11-12H2,1-4H3,(H,31,32)(H2,29,30,34). The van der Waals surface area contributed by atoms with Crippen molar-refractivity contribution in [3.05, 3.63) is 70.8 Å². The number of urea groups is 1. The predicted octanol–water partition coefficient (Wildman–Crippen LogP) is 5.62. The minimum Gasteiger partial charge on any atom is -0.467 e. The molecule has 3 aromatic carbocycles. The van der Waals surface area contributed by atoms with Gasteiger partial charge in [0.15, 0.2) is 0 Å². The van der Waals surface area contributed by atoms with Crippen LogP contribution in [0.2, 0.25) is 0 Å². The third-order valence-corrected chi connectivity index (χ3v) is 6.68. The van der Waals surface area contributed by atoms with Crippen LogP contribution >= 0.6 is 0 Å². The van der Waals surface area contributed by atoms with Gasteiger partial charge in [-0.1, -0.05) is 54.8 Å². The van der Waals surface area contributed by atoms with Crippen LogP contribution < -0.4 is 16.0 Å². The summed E-state index contributed by atoms with van der Waals surface area (Å²) >= 11 is 0. The highest BCUT2D eigenvalue weighted by molar-refractivity contribution is 6.10. The average molecular weight is 474 g/mol. The van der Waals surface area contributed by atoms with Gasteiger partial charge in [-0.05, 0) is 67.6 Å². The summed E-state index contributed by atoms with van der Waals surface area (Å²) in [4.78, 5) is 39.1. The maximum absolute atomic E-state index is 13.5. The molecule has 0 radical (unpaired) electrons. The number of carbonyl (C=O) groups excluding carboxylic acids is 3. The molecular formula is C28H31N3O4. The van der Waals surface area contributed by atoms with E-state index in [1.54, 1.807) is 12.1 Å². The lowest BCUT2D eigenvalue weighted by atomic mass is 9.96. The highest BCUT2D eigenvalue weighted by Crippen LogP contribution is 2.32. The first-order valence-corrected chi connectivity index (χ1v) is 11.8. The summed E-state index contributed by atoms with van der Waals surface area (Å²) in [7, 11) is 1.33. The van der Waals surface area contributed by atoms with E-state index in [1.165, 1.54) is 7.11 Å². The molecule has 0 spiro atoms. The van der Waals surface area contributed by atoms with Crippen molar-refractivity contribution in [1.29, 1.82) is 0 Å². The second kappa shape index (κ2) is 9.78. The molecule has 0 unspecified atom stereocenters. The molecule has 182 valence electrons. The molecule has 1 aliphatic rings. The smallest absolute Gasteiger partial charge is 0.331 e. The number of nitrogens with one attached hydrogen (secondary N) is 3. The van der Waals surface area contributed by atoms with Crippen molar-refractivity contribution in [2.75, 3.05) is 17.7 Å². The summed E-state index contributed by atoms with van der Waals surface area (Å²) in [6.07, 6.45) is 2.70. The number of amides is 3. The fourth-order valence-corrected chi connectivity index (χ4v) is 5.01. The Hall–Kier alpha value is -3.87. The average Bonchev–Trinajstić information content (AvgIpc) is 3.30. The zero-order valence-electron chi connectivity index (χ0n) is 20.6. The van der Waals surface area contributed by atoms with Gasteiger partial charge in [0.05, 0.1) is 18.4 Å². The van der Waals surface area contributed by atoms with Gasteiger partial charge in [-0.15, -0.1) is 0 Å². The Bertz CT molecular complexity index is 1290. The minimum atomic E-state index is -1.05. The van der Waals surface area contributed by atoms with E-state index in [0.717, 1.165) is 46.0 Å². The monoisotopic (exact) mass is 473 g/mol. The van der Waals surface area contributed by atoms with Gasteiger partial charge in [0.25, 0.3) is 5.91 Å². The molecule has 35 heavy (non-hydrogen) atoms. The van der Waals surface area contributed by atoms with E-state index in [1.807, 2.05) is 57.2 Å². The zero-order valence-corrected chi connectivity index (χ0v) is 20.6. The molecule has 1 saturated carbocycles. The van der Waals surface area contributed by atoms with Crippen LogP contribution in [0.1, 0.15) is 52.7 Å². The highest BCUT2D eigenvalue weighted by atomic mass is 16.5. The van der Waals surface area contributed by atoms with Crippen LogP contribution in [0.25, 0.3) is 10.8 Å². The minimum absolute atomic E-state index is 0.284. The van der Waals surface area contributed by atoms with Crippen LogP contribution in [0, 0.1) is 20.8 Å². The van der Waals surface area contributed by atoms with Gasteiger partial charge in [0.1, 0.15) is 5.54 Å². The lowest BCUT2D eigenvalue weighted by Gasteiger charge is -2.27. The number of esters is 1. The number of aryl methyl sites for hydroxylation is 3. The lowest BCUT2D eigenvalue weighted by molar-refractivity contribution is -0.148. The topological polar surface area (TPSA) is 96.5 Å². The van der Waals surface area contributed by atoms with Crippen molar-refractivity contribution in [1.82, 2.24) is 5.32 Å². The van der Waals surface area contributed by atoms with Crippen LogP contribution in [-0.2, 0) is 9.53 Å². The van der Waals surface area contributed by atoms with E-state index >= 15 is 0 Å². The van der Waals surface area contributed by atoms with Crippen molar-refractivity contribution < 1.29 is 19.1 Å². The van der Waals surface area contributed by atoms with Gasteiger partial charge in [-0.2, -0.15) is 0 Å². The number of anilines is 2. The van der Waals surface area contributed by atoms with E-state index in [0.29, 0.717) is 18.5 Å². The number of carbonyl (C=O) groups is 3. The lowest BCUT2D eigenvalue weighted by Crippen LogP contribution is -2.53. The molecule has 7 heteroatoms. The summed E-state index contributed by atoms with van der Waals surface area (Å²) in [6, 6.07) is 14.7. The number of hydrogen-bond acceptors (Lipinski definition) is 4. The van der Waals surface area contributed by atoms with Crippen LogP contribution in [0.3, 0.4) is 0 Å². The summed E-state index contributed by atoms with van der Waals surface area (Å²) in [5.74, 6) is -0.872. The Morgan fingerprint density at radius 2 is 1.46 bits per heavy atom. The first-order valence-electron chi connectivity index (χ1n) is 11.8. The number of ether oxygens (including phenoxy) is 1.